The highest BCUT2D eigenvalue weighted by Crippen LogP contribution is 2.27. The molecule has 5 nitrogen and oxygen atoms in total. The third-order valence-corrected chi connectivity index (χ3v) is 6.60. The van der Waals surface area contributed by atoms with E-state index < -0.39 is 0 Å². The summed E-state index contributed by atoms with van der Waals surface area (Å²) < 4.78 is 8.10. The summed E-state index contributed by atoms with van der Waals surface area (Å²) in [6.07, 6.45) is 1.89. The second-order valence-electron chi connectivity index (χ2n) is 8.81. The Morgan fingerprint density at radius 1 is 1.06 bits per heavy atom. The number of aromatic amines is 1. The van der Waals surface area contributed by atoms with E-state index in [2.05, 4.69) is 40.5 Å². The van der Waals surface area contributed by atoms with E-state index in [1.165, 1.54) is 0 Å². The molecule has 0 spiro atoms. The summed E-state index contributed by atoms with van der Waals surface area (Å²) in [5.41, 5.74) is 8.46. The highest BCUT2D eigenvalue weighted by atomic mass is 35.5. The maximum Gasteiger partial charge on any atom is 0.149 e. The van der Waals surface area contributed by atoms with Crippen molar-refractivity contribution in [3.8, 4) is 17.5 Å². The van der Waals surface area contributed by atoms with Crippen molar-refractivity contribution in [1.82, 2.24) is 14.5 Å². The quantitative estimate of drug-likeness (QED) is 0.248. The van der Waals surface area contributed by atoms with Crippen molar-refractivity contribution in [3.05, 3.63) is 112 Å². The lowest BCUT2D eigenvalue weighted by molar-refractivity contribution is 0.306. The van der Waals surface area contributed by atoms with Gasteiger partial charge in [0.25, 0.3) is 0 Å². The summed E-state index contributed by atoms with van der Waals surface area (Å²) in [5.74, 6) is 1.34. The van der Waals surface area contributed by atoms with Gasteiger partial charge in [0, 0.05) is 27.7 Å². The predicted octanol–water partition coefficient (Wildman–Crippen LogP) is 7.58. The Labute approximate surface area is 215 Å². The second-order valence-corrected chi connectivity index (χ2v) is 9.22. The van der Waals surface area contributed by atoms with Crippen LogP contribution in [0.5, 0.6) is 5.75 Å². The van der Waals surface area contributed by atoms with Gasteiger partial charge in [-0.2, -0.15) is 5.26 Å². The van der Waals surface area contributed by atoms with Crippen molar-refractivity contribution in [2.45, 2.75) is 27.4 Å². The van der Waals surface area contributed by atoms with Crippen LogP contribution in [0.1, 0.15) is 33.9 Å². The number of benzene rings is 3. The van der Waals surface area contributed by atoms with E-state index in [1.54, 1.807) is 0 Å². The number of halogens is 1. The lowest BCUT2D eigenvalue weighted by atomic mass is 10.1. The number of allylic oxidation sites excluding steroid dienone is 1. The monoisotopic (exact) mass is 492 g/mol. The SMILES string of the molecule is Cc1ccc2nc(C(C#N)=Cc3cc(C)n(-c4ccc(OCc5ccccc5Cl)cc4)c3C)[nH]c2c1. The van der Waals surface area contributed by atoms with Crippen molar-refractivity contribution in [3.63, 3.8) is 0 Å². The Balaban J connectivity index is 1.40. The van der Waals surface area contributed by atoms with E-state index in [0.29, 0.717) is 23.0 Å². The molecule has 0 aliphatic carbocycles. The van der Waals surface area contributed by atoms with Gasteiger partial charge in [-0.15, -0.1) is 0 Å². The van der Waals surface area contributed by atoms with Gasteiger partial charge >= 0.3 is 0 Å². The molecule has 5 rings (SSSR count). The van der Waals surface area contributed by atoms with Crippen LogP contribution < -0.4 is 4.74 Å². The largest absolute Gasteiger partial charge is 0.489 e. The van der Waals surface area contributed by atoms with Crippen molar-refractivity contribution in [1.29, 1.82) is 5.26 Å². The number of nitrogens with one attached hydrogen (secondary N) is 1. The first-order chi connectivity index (χ1) is 17.4. The Bertz CT molecular complexity index is 1630. The van der Waals surface area contributed by atoms with Crippen molar-refractivity contribution in [2.75, 3.05) is 0 Å². The van der Waals surface area contributed by atoms with Gasteiger partial charge in [-0.1, -0.05) is 35.9 Å². The average molecular weight is 493 g/mol. The van der Waals surface area contributed by atoms with Crippen LogP contribution in [0.25, 0.3) is 28.4 Å². The normalized spacial score (nSPS) is 11.6. The summed E-state index contributed by atoms with van der Waals surface area (Å²) in [5, 5.41) is 10.6. The van der Waals surface area contributed by atoms with Crippen LogP contribution >= 0.6 is 11.6 Å². The van der Waals surface area contributed by atoms with Crippen molar-refractivity contribution < 1.29 is 4.74 Å². The first-order valence-corrected chi connectivity index (χ1v) is 12.0. The fourth-order valence-electron chi connectivity index (χ4n) is 4.36. The standard InChI is InChI=1S/C30H25ClN4O/c1-19-8-13-28-29(14-19)34-30(33-28)24(17-32)16-23-15-20(2)35(21(23)3)25-9-11-26(12-10-25)36-18-22-6-4-5-7-27(22)31/h4-16H,18H2,1-3H3,(H,33,34). The van der Waals surface area contributed by atoms with Crippen LogP contribution in [-0.4, -0.2) is 14.5 Å². The molecule has 2 aromatic heterocycles. The van der Waals surface area contributed by atoms with Gasteiger partial charge in [0.15, 0.2) is 0 Å². The van der Waals surface area contributed by atoms with Crippen molar-refractivity contribution in [2.24, 2.45) is 0 Å². The molecule has 0 saturated carbocycles. The molecule has 178 valence electrons. The van der Waals surface area contributed by atoms with Gasteiger partial charge in [-0.05, 0) is 86.5 Å². The number of fused-ring (bicyclic) bond motifs is 1. The van der Waals surface area contributed by atoms with E-state index in [-0.39, 0.29) is 0 Å². The summed E-state index contributed by atoms with van der Waals surface area (Å²) in [7, 11) is 0. The first kappa shape index (κ1) is 23.5. The molecular weight excluding hydrogens is 468 g/mol. The topological polar surface area (TPSA) is 66.6 Å². The molecule has 0 unspecified atom stereocenters. The number of hydrogen-bond donors (Lipinski definition) is 1. The molecule has 0 saturated heterocycles. The van der Waals surface area contributed by atoms with Gasteiger partial charge in [0.2, 0.25) is 0 Å². The Morgan fingerprint density at radius 2 is 1.83 bits per heavy atom. The number of hydrogen-bond acceptors (Lipinski definition) is 3. The number of rotatable bonds is 6. The molecule has 0 atom stereocenters. The molecule has 36 heavy (non-hydrogen) atoms. The molecular formula is C30H25ClN4O. The molecule has 6 heteroatoms. The lowest BCUT2D eigenvalue weighted by Crippen LogP contribution is -2.00. The fraction of sp³-hybridized carbons (Fsp3) is 0.133. The minimum absolute atomic E-state index is 0.411. The number of H-pyrrole nitrogens is 1. The summed E-state index contributed by atoms with van der Waals surface area (Å²) in [6.45, 7) is 6.56. The fourth-order valence-corrected chi connectivity index (χ4v) is 4.55. The van der Waals surface area contributed by atoms with Crippen LogP contribution in [0.4, 0.5) is 0 Å². The van der Waals surface area contributed by atoms with Gasteiger partial charge < -0.3 is 14.3 Å². The zero-order chi connectivity index (χ0) is 25.2. The van der Waals surface area contributed by atoms with Crippen LogP contribution in [0.2, 0.25) is 5.02 Å². The van der Waals surface area contributed by atoms with E-state index in [0.717, 1.165) is 50.5 Å². The molecule has 3 aromatic carbocycles. The zero-order valence-corrected chi connectivity index (χ0v) is 21.1. The van der Waals surface area contributed by atoms with Crippen molar-refractivity contribution >= 4 is 34.3 Å². The highest BCUT2D eigenvalue weighted by molar-refractivity contribution is 6.31. The smallest absolute Gasteiger partial charge is 0.149 e. The number of imidazole rings is 1. The van der Waals surface area contributed by atoms with Gasteiger partial charge in [0.1, 0.15) is 24.3 Å². The second kappa shape index (κ2) is 9.77. The van der Waals surface area contributed by atoms with E-state index in [4.69, 9.17) is 16.3 Å². The number of nitrogens with zero attached hydrogens (tertiary/aromatic N) is 3. The average Bonchev–Trinajstić information content (AvgIpc) is 3.41. The summed E-state index contributed by atoms with van der Waals surface area (Å²) >= 11 is 6.23. The highest BCUT2D eigenvalue weighted by Gasteiger charge is 2.13. The summed E-state index contributed by atoms with van der Waals surface area (Å²) in [6, 6.07) is 26.1. The van der Waals surface area contributed by atoms with Gasteiger partial charge in [-0.25, -0.2) is 4.98 Å². The van der Waals surface area contributed by atoms with Gasteiger partial charge in [-0.3, -0.25) is 0 Å². The summed E-state index contributed by atoms with van der Waals surface area (Å²) in [4.78, 5) is 7.90. The number of ether oxygens (including phenoxy) is 1. The Hall–Kier alpha value is -4.27. The molecule has 0 amide bonds. The van der Waals surface area contributed by atoms with E-state index >= 15 is 0 Å². The molecule has 0 aliphatic rings. The van der Waals surface area contributed by atoms with E-state index in [9.17, 15) is 5.26 Å². The van der Waals surface area contributed by atoms with E-state index in [1.807, 2.05) is 79.7 Å². The molecule has 0 bridgehead atoms. The molecule has 0 aliphatic heterocycles. The Morgan fingerprint density at radius 3 is 2.58 bits per heavy atom. The molecule has 5 aromatic rings. The number of nitriles is 1. The first-order valence-electron chi connectivity index (χ1n) is 11.7. The molecule has 1 N–H and O–H groups in total. The van der Waals surface area contributed by atoms with Crippen LogP contribution in [0.3, 0.4) is 0 Å². The van der Waals surface area contributed by atoms with Crippen LogP contribution in [-0.2, 0) is 6.61 Å². The molecule has 0 radical (unpaired) electrons. The minimum Gasteiger partial charge on any atom is -0.489 e. The third kappa shape index (κ3) is 4.64. The lowest BCUT2D eigenvalue weighted by Gasteiger charge is -2.12. The molecule has 2 heterocycles. The third-order valence-electron chi connectivity index (χ3n) is 6.23. The molecule has 0 fully saturated rings. The number of aryl methyl sites for hydroxylation is 2. The van der Waals surface area contributed by atoms with Crippen LogP contribution in [0.15, 0.2) is 72.8 Å². The predicted molar refractivity (Wildman–Crippen MR) is 145 cm³/mol. The maximum atomic E-state index is 9.88. The van der Waals surface area contributed by atoms with Gasteiger partial charge in [0.05, 0.1) is 16.6 Å². The number of aromatic nitrogens is 3. The Kier molecular flexibility index (Phi) is 6.37. The maximum absolute atomic E-state index is 9.88. The zero-order valence-electron chi connectivity index (χ0n) is 20.3. The van der Waals surface area contributed by atoms with Crippen LogP contribution in [0, 0.1) is 32.1 Å². The minimum atomic E-state index is 0.411.